The summed E-state index contributed by atoms with van der Waals surface area (Å²) in [6.45, 7) is 0. The van der Waals surface area contributed by atoms with Crippen LogP contribution in [0.5, 0.6) is 5.75 Å². The lowest BCUT2D eigenvalue weighted by Gasteiger charge is -2.01. The van der Waals surface area contributed by atoms with Crippen molar-refractivity contribution in [3.8, 4) is 5.75 Å². The molecule has 0 atom stereocenters. The van der Waals surface area contributed by atoms with Crippen molar-refractivity contribution in [3.63, 3.8) is 0 Å². The number of benzene rings is 2. The van der Waals surface area contributed by atoms with Crippen LogP contribution in [0, 0.1) is 0 Å². The highest BCUT2D eigenvalue weighted by Gasteiger charge is 2.00. The molecule has 1 aromatic heterocycles. The minimum absolute atomic E-state index is 0.215. The fourth-order valence-electron chi connectivity index (χ4n) is 1.99. The van der Waals surface area contributed by atoms with Gasteiger partial charge in [0, 0.05) is 5.39 Å². The van der Waals surface area contributed by atoms with Gasteiger partial charge in [-0.3, -0.25) is 0 Å². The van der Waals surface area contributed by atoms with Gasteiger partial charge in [-0.1, -0.05) is 54.6 Å². The van der Waals surface area contributed by atoms with Gasteiger partial charge >= 0.3 is 0 Å². The summed E-state index contributed by atoms with van der Waals surface area (Å²) in [5.74, 6) is 0.215. The lowest BCUT2D eigenvalue weighted by Crippen LogP contribution is -1.83. The molecule has 0 amide bonds. The number of phenols is 1. The molecule has 1 heterocycles. The lowest BCUT2D eigenvalue weighted by atomic mass is 10.1. The second-order valence-corrected chi connectivity index (χ2v) is 4.33. The zero-order chi connectivity index (χ0) is 13.1. The van der Waals surface area contributed by atoms with Crippen LogP contribution < -0.4 is 0 Å². The first-order valence-corrected chi connectivity index (χ1v) is 6.15. The molecule has 0 spiro atoms. The standard InChI is InChI=1S/C17H13NO/c19-16-8-4-7-14-10-12-15(18-17(14)16)11-9-13-5-2-1-3-6-13/h1-12,19H. The summed E-state index contributed by atoms with van der Waals surface area (Å²) in [5, 5.41) is 10.7. The number of pyridine rings is 1. The molecule has 2 heteroatoms. The van der Waals surface area contributed by atoms with Gasteiger partial charge in [-0.05, 0) is 23.8 Å². The van der Waals surface area contributed by atoms with Crippen LogP contribution in [0.1, 0.15) is 11.3 Å². The second-order valence-electron chi connectivity index (χ2n) is 4.33. The predicted molar refractivity (Wildman–Crippen MR) is 78.8 cm³/mol. The average Bonchev–Trinajstić information content (AvgIpc) is 2.47. The highest BCUT2D eigenvalue weighted by molar-refractivity contribution is 5.85. The number of fused-ring (bicyclic) bond motifs is 1. The Labute approximate surface area is 111 Å². The summed E-state index contributed by atoms with van der Waals surface area (Å²) in [5.41, 5.74) is 2.59. The largest absolute Gasteiger partial charge is 0.506 e. The van der Waals surface area contributed by atoms with E-state index < -0.39 is 0 Å². The molecule has 0 fully saturated rings. The van der Waals surface area contributed by atoms with E-state index in [2.05, 4.69) is 4.98 Å². The molecule has 0 aliphatic rings. The molecule has 0 unspecified atom stereocenters. The summed E-state index contributed by atoms with van der Waals surface area (Å²) < 4.78 is 0. The minimum Gasteiger partial charge on any atom is -0.506 e. The van der Waals surface area contributed by atoms with E-state index in [0.29, 0.717) is 5.52 Å². The van der Waals surface area contributed by atoms with E-state index >= 15 is 0 Å². The average molecular weight is 247 g/mol. The molecule has 0 bridgehead atoms. The summed E-state index contributed by atoms with van der Waals surface area (Å²) in [6.07, 6.45) is 3.95. The molecule has 3 aromatic rings. The first kappa shape index (κ1) is 11.5. The highest BCUT2D eigenvalue weighted by Crippen LogP contribution is 2.22. The molecule has 0 saturated heterocycles. The number of nitrogens with zero attached hydrogens (tertiary/aromatic N) is 1. The van der Waals surface area contributed by atoms with Crippen LogP contribution in [0.2, 0.25) is 0 Å². The SMILES string of the molecule is Oc1cccc2ccc(C=Cc3ccccc3)nc12. The summed E-state index contributed by atoms with van der Waals surface area (Å²) in [7, 11) is 0. The van der Waals surface area contributed by atoms with Gasteiger partial charge in [0.15, 0.2) is 0 Å². The van der Waals surface area contributed by atoms with Gasteiger partial charge in [0.05, 0.1) is 5.69 Å². The van der Waals surface area contributed by atoms with Crippen molar-refractivity contribution in [2.24, 2.45) is 0 Å². The minimum atomic E-state index is 0.215. The van der Waals surface area contributed by atoms with E-state index in [1.54, 1.807) is 6.07 Å². The van der Waals surface area contributed by atoms with Crippen LogP contribution in [0.25, 0.3) is 23.1 Å². The van der Waals surface area contributed by atoms with Crippen molar-refractivity contribution in [3.05, 3.63) is 71.9 Å². The van der Waals surface area contributed by atoms with Gasteiger partial charge < -0.3 is 5.11 Å². The Morgan fingerprint density at radius 1 is 0.789 bits per heavy atom. The first-order chi connectivity index (χ1) is 9.33. The number of rotatable bonds is 2. The molecular formula is C17H13NO. The van der Waals surface area contributed by atoms with E-state index in [-0.39, 0.29) is 5.75 Å². The normalized spacial score (nSPS) is 11.2. The molecule has 2 nitrogen and oxygen atoms in total. The fraction of sp³-hybridized carbons (Fsp3) is 0. The molecule has 0 aliphatic carbocycles. The lowest BCUT2D eigenvalue weighted by molar-refractivity contribution is 0.480. The van der Waals surface area contributed by atoms with Gasteiger partial charge in [-0.2, -0.15) is 0 Å². The van der Waals surface area contributed by atoms with Crippen molar-refractivity contribution in [2.75, 3.05) is 0 Å². The predicted octanol–water partition coefficient (Wildman–Crippen LogP) is 4.11. The Bertz CT molecular complexity index is 733. The Morgan fingerprint density at radius 2 is 1.63 bits per heavy atom. The van der Waals surface area contributed by atoms with Crippen molar-refractivity contribution in [2.45, 2.75) is 0 Å². The van der Waals surface area contributed by atoms with Gasteiger partial charge in [-0.25, -0.2) is 4.98 Å². The van der Waals surface area contributed by atoms with Gasteiger partial charge in [-0.15, -0.1) is 0 Å². The van der Waals surface area contributed by atoms with Crippen molar-refractivity contribution >= 4 is 23.1 Å². The highest BCUT2D eigenvalue weighted by atomic mass is 16.3. The van der Waals surface area contributed by atoms with Crippen molar-refractivity contribution in [1.29, 1.82) is 0 Å². The smallest absolute Gasteiger partial charge is 0.141 e. The summed E-state index contributed by atoms with van der Waals surface area (Å²) in [4.78, 5) is 4.45. The van der Waals surface area contributed by atoms with Crippen LogP contribution in [-0.4, -0.2) is 10.1 Å². The molecule has 92 valence electrons. The van der Waals surface area contributed by atoms with E-state index in [4.69, 9.17) is 0 Å². The number of aromatic hydroxyl groups is 1. The third kappa shape index (κ3) is 2.47. The molecule has 19 heavy (non-hydrogen) atoms. The maximum atomic E-state index is 9.79. The van der Waals surface area contributed by atoms with Crippen LogP contribution >= 0.6 is 0 Å². The van der Waals surface area contributed by atoms with Gasteiger partial charge in [0.2, 0.25) is 0 Å². The molecular weight excluding hydrogens is 234 g/mol. The van der Waals surface area contributed by atoms with Crippen LogP contribution in [0.3, 0.4) is 0 Å². The Kier molecular flexibility index (Phi) is 2.99. The molecule has 3 rings (SSSR count). The van der Waals surface area contributed by atoms with Crippen molar-refractivity contribution < 1.29 is 5.11 Å². The number of phenolic OH excluding ortho intramolecular Hbond substituents is 1. The monoisotopic (exact) mass is 247 g/mol. The summed E-state index contributed by atoms with van der Waals surface area (Å²) in [6, 6.07) is 19.4. The fourth-order valence-corrected chi connectivity index (χ4v) is 1.99. The molecule has 0 aliphatic heterocycles. The number of hydrogen-bond donors (Lipinski definition) is 1. The maximum absolute atomic E-state index is 9.79. The van der Waals surface area contributed by atoms with E-state index in [9.17, 15) is 5.11 Å². The maximum Gasteiger partial charge on any atom is 0.141 e. The third-order valence-corrected chi connectivity index (χ3v) is 2.97. The number of aromatic nitrogens is 1. The van der Waals surface area contributed by atoms with Crippen LogP contribution in [-0.2, 0) is 0 Å². The van der Waals surface area contributed by atoms with Gasteiger partial charge in [0.1, 0.15) is 11.3 Å². The first-order valence-electron chi connectivity index (χ1n) is 6.15. The number of para-hydroxylation sites is 1. The molecule has 1 N–H and O–H groups in total. The second kappa shape index (κ2) is 4.94. The third-order valence-electron chi connectivity index (χ3n) is 2.97. The Hall–Kier alpha value is -2.61. The zero-order valence-electron chi connectivity index (χ0n) is 10.3. The number of hydrogen-bond acceptors (Lipinski definition) is 2. The Morgan fingerprint density at radius 3 is 2.47 bits per heavy atom. The molecule has 0 saturated carbocycles. The zero-order valence-corrected chi connectivity index (χ0v) is 10.3. The summed E-state index contributed by atoms with van der Waals surface area (Å²) >= 11 is 0. The van der Waals surface area contributed by atoms with Crippen molar-refractivity contribution in [1.82, 2.24) is 4.98 Å². The molecule has 2 aromatic carbocycles. The van der Waals surface area contributed by atoms with E-state index in [1.807, 2.05) is 66.7 Å². The van der Waals surface area contributed by atoms with E-state index in [1.165, 1.54) is 0 Å². The quantitative estimate of drug-likeness (QED) is 0.739. The topological polar surface area (TPSA) is 33.1 Å². The van der Waals surface area contributed by atoms with Crippen LogP contribution in [0.15, 0.2) is 60.7 Å². The van der Waals surface area contributed by atoms with Gasteiger partial charge in [0.25, 0.3) is 0 Å². The Balaban J connectivity index is 1.98. The van der Waals surface area contributed by atoms with Crippen LogP contribution in [0.4, 0.5) is 0 Å². The molecule has 0 radical (unpaired) electrons. The van der Waals surface area contributed by atoms with E-state index in [0.717, 1.165) is 16.6 Å².